The maximum Gasteiger partial charge on any atom is 0.0408 e. The van der Waals surface area contributed by atoms with Crippen LogP contribution < -0.4 is 5.32 Å². The lowest BCUT2D eigenvalue weighted by Crippen LogP contribution is -2.20. The smallest absolute Gasteiger partial charge is 0.0408 e. The summed E-state index contributed by atoms with van der Waals surface area (Å²) in [6.07, 6.45) is 3.70. The minimum Gasteiger partial charge on any atom is -0.313 e. The molecule has 0 saturated carbocycles. The number of hydrogen-bond donors (Lipinski definition) is 1. The zero-order valence-electron chi connectivity index (χ0n) is 11.4. The van der Waals surface area contributed by atoms with Crippen molar-refractivity contribution in [2.75, 3.05) is 7.05 Å². The van der Waals surface area contributed by atoms with Gasteiger partial charge in [0.15, 0.2) is 0 Å². The van der Waals surface area contributed by atoms with Crippen molar-refractivity contribution < 1.29 is 0 Å². The Bertz CT molecular complexity index is 345. The van der Waals surface area contributed by atoms with E-state index in [4.69, 9.17) is 11.6 Å². The molecule has 0 aliphatic heterocycles. The minimum absolute atomic E-state index is 0.442. The molecule has 0 bridgehead atoms. The molecule has 0 radical (unpaired) electrons. The zero-order chi connectivity index (χ0) is 12.8. The SMILES string of the molecule is CCC(CC)CC(NC)c1ccc(Cl)cc1C. The lowest BCUT2D eigenvalue weighted by molar-refractivity contribution is 0.384. The predicted molar refractivity (Wildman–Crippen MR) is 76.7 cm³/mol. The van der Waals surface area contributed by atoms with E-state index >= 15 is 0 Å². The van der Waals surface area contributed by atoms with E-state index in [9.17, 15) is 0 Å². The summed E-state index contributed by atoms with van der Waals surface area (Å²) in [6.45, 7) is 6.68. The van der Waals surface area contributed by atoms with Crippen molar-refractivity contribution in [2.24, 2.45) is 5.92 Å². The standard InChI is InChI=1S/C15H24ClN/c1-5-12(6-2)10-15(17-4)14-8-7-13(16)9-11(14)3/h7-9,12,15,17H,5-6,10H2,1-4H3. The second kappa shape index (κ2) is 7.03. The van der Waals surface area contributed by atoms with Crippen molar-refractivity contribution in [3.05, 3.63) is 34.3 Å². The largest absolute Gasteiger partial charge is 0.313 e. The molecule has 1 rings (SSSR count). The molecule has 0 amide bonds. The molecule has 17 heavy (non-hydrogen) atoms. The summed E-state index contributed by atoms with van der Waals surface area (Å²) in [5.41, 5.74) is 2.66. The Morgan fingerprint density at radius 2 is 1.88 bits per heavy atom. The molecular weight excluding hydrogens is 230 g/mol. The normalized spacial score (nSPS) is 13.1. The summed E-state index contributed by atoms with van der Waals surface area (Å²) in [7, 11) is 2.04. The average molecular weight is 254 g/mol. The molecule has 0 saturated heterocycles. The van der Waals surface area contributed by atoms with Crippen molar-refractivity contribution in [1.82, 2.24) is 5.32 Å². The fourth-order valence-electron chi connectivity index (χ4n) is 2.39. The molecule has 1 aromatic rings. The summed E-state index contributed by atoms with van der Waals surface area (Å²) in [5, 5.41) is 4.26. The molecule has 1 unspecified atom stereocenters. The zero-order valence-corrected chi connectivity index (χ0v) is 12.1. The highest BCUT2D eigenvalue weighted by Gasteiger charge is 2.16. The van der Waals surface area contributed by atoms with E-state index in [-0.39, 0.29) is 0 Å². The third-order valence-corrected chi connectivity index (χ3v) is 3.91. The Kier molecular flexibility index (Phi) is 6.01. The van der Waals surface area contributed by atoms with E-state index < -0.39 is 0 Å². The van der Waals surface area contributed by atoms with Gasteiger partial charge in [-0.3, -0.25) is 0 Å². The molecule has 1 N–H and O–H groups in total. The van der Waals surface area contributed by atoms with Crippen LogP contribution in [0.4, 0.5) is 0 Å². The number of hydrogen-bond acceptors (Lipinski definition) is 1. The average Bonchev–Trinajstić information content (AvgIpc) is 2.32. The highest BCUT2D eigenvalue weighted by Crippen LogP contribution is 2.28. The summed E-state index contributed by atoms with van der Waals surface area (Å²) in [4.78, 5) is 0. The highest BCUT2D eigenvalue weighted by atomic mass is 35.5. The predicted octanol–water partition coefficient (Wildman–Crippen LogP) is 4.74. The lowest BCUT2D eigenvalue weighted by Gasteiger charge is -2.23. The van der Waals surface area contributed by atoms with E-state index in [1.165, 1.54) is 30.4 Å². The van der Waals surface area contributed by atoms with Crippen LogP contribution in [0.2, 0.25) is 5.02 Å². The Hall–Kier alpha value is -0.530. The van der Waals surface area contributed by atoms with Gasteiger partial charge in [-0.2, -0.15) is 0 Å². The van der Waals surface area contributed by atoms with Crippen LogP contribution in [0.1, 0.15) is 50.3 Å². The van der Waals surface area contributed by atoms with Crippen LogP contribution in [0.15, 0.2) is 18.2 Å². The molecule has 96 valence electrons. The Labute approximate surface area is 111 Å². The van der Waals surface area contributed by atoms with Gasteiger partial charge in [0.25, 0.3) is 0 Å². The highest BCUT2D eigenvalue weighted by molar-refractivity contribution is 6.30. The molecule has 1 atom stereocenters. The maximum atomic E-state index is 6.00. The monoisotopic (exact) mass is 253 g/mol. The van der Waals surface area contributed by atoms with Gasteiger partial charge in [-0.15, -0.1) is 0 Å². The Morgan fingerprint density at radius 1 is 1.24 bits per heavy atom. The maximum absolute atomic E-state index is 6.00. The molecule has 1 nitrogen and oxygen atoms in total. The molecule has 1 aromatic carbocycles. The molecule has 0 aliphatic carbocycles. The lowest BCUT2D eigenvalue weighted by atomic mass is 9.89. The first-order chi connectivity index (χ1) is 8.12. The van der Waals surface area contributed by atoms with Crippen molar-refractivity contribution >= 4 is 11.6 Å². The van der Waals surface area contributed by atoms with Gasteiger partial charge < -0.3 is 5.32 Å². The van der Waals surface area contributed by atoms with Crippen molar-refractivity contribution in [3.8, 4) is 0 Å². The Balaban J connectivity index is 2.85. The van der Waals surface area contributed by atoms with E-state index in [0.717, 1.165) is 10.9 Å². The number of aryl methyl sites for hydroxylation is 1. The van der Waals surface area contributed by atoms with Crippen molar-refractivity contribution in [3.63, 3.8) is 0 Å². The van der Waals surface area contributed by atoms with Gasteiger partial charge in [0.1, 0.15) is 0 Å². The quantitative estimate of drug-likeness (QED) is 0.773. The van der Waals surface area contributed by atoms with E-state index in [1.54, 1.807) is 0 Å². The van der Waals surface area contributed by atoms with Crippen molar-refractivity contribution in [1.29, 1.82) is 0 Å². The number of halogens is 1. The number of benzene rings is 1. The summed E-state index contributed by atoms with van der Waals surface area (Å²) >= 11 is 6.00. The summed E-state index contributed by atoms with van der Waals surface area (Å²) < 4.78 is 0. The van der Waals surface area contributed by atoms with Crippen LogP contribution in [0.25, 0.3) is 0 Å². The van der Waals surface area contributed by atoms with Crippen LogP contribution >= 0.6 is 11.6 Å². The number of rotatable bonds is 6. The van der Waals surface area contributed by atoms with Crippen molar-refractivity contribution in [2.45, 2.75) is 46.1 Å². The van der Waals surface area contributed by atoms with Crippen LogP contribution in [-0.4, -0.2) is 7.05 Å². The molecule has 0 aliphatic rings. The molecule has 0 heterocycles. The second-order valence-electron chi connectivity index (χ2n) is 4.76. The van der Waals surface area contributed by atoms with Gasteiger partial charge in [-0.05, 0) is 49.6 Å². The fourth-order valence-corrected chi connectivity index (χ4v) is 2.61. The van der Waals surface area contributed by atoms with Gasteiger partial charge in [-0.25, -0.2) is 0 Å². The first kappa shape index (κ1) is 14.5. The van der Waals surface area contributed by atoms with Crippen LogP contribution in [-0.2, 0) is 0 Å². The Morgan fingerprint density at radius 3 is 2.35 bits per heavy atom. The second-order valence-corrected chi connectivity index (χ2v) is 5.20. The summed E-state index contributed by atoms with van der Waals surface area (Å²) in [5.74, 6) is 0.794. The third kappa shape index (κ3) is 4.01. The van der Waals surface area contributed by atoms with Gasteiger partial charge in [0, 0.05) is 11.1 Å². The topological polar surface area (TPSA) is 12.0 Å². The van der Waals surface area contributed by atoms with E-state index in [2.05, 4.69) is 32.2 Å². The first-order valence-corrected chi connectivity index (χ1v) is 6.93. The van der Waals surface area contributed by atoms with Crippen LogP contribution in [0.5, 0.6) is 0 Å². The molecule has 0 spiro atoms. The van der Waals surface area contributed by atoms with Crippen LogP contribution in [0, 0.1) is 12.8 Å². The molecule has 2 heteroatoms. The molecular formula is C15H24ClN. The first-order valence-electron chi connectivity index (χ1n) is 6.55. The van der Waals surface area contributed by atoms with Gasteiger partial charge in [0.2, 0.25) is 0 Å². The number of nitrogens with one attached hydrogen (secondary N) is 1. The fraction of sp³-hybridized carbons (Fsp3) is 0.600. The third-order valence-electron chi connectivity index (χ3n) is 3.68. The van der Waals surface area contributed by atoms with E-state index in [0.29, 0.717) is 6.04 Å². The van der Waals surface area contributed by atoms with Gasteiger partial charge in [0.05, 0.1) is 0 Å². The molecule has 0 aromatic heterocycles. The van der Waals surface area contributed by atoms with Gasteiger partial charge >= 0.3 is 0 Å². The molecule has 0 fully saturated rings. The van der Waals surface area contributed by atoms with Crippen LogP contribution in [0.3, 0.4) is 0 Å². The minimum atomic E-state index is 0.442. The van der Waals surface area contributed by atoms with E-state index in [1.807, 2.05) is 19.2 Å². The van der Waals surface area contributed by atoms with Gasteiger partial charge in [-0.1, -0.05) is 44.4 Å². The summed E-state index contributed by atoms with van der Waals surface area (Å²) in [6, 6.07) is 6.63.